The first-order chi connectivity index (χ1) is 18.4. The fraction of sp³-hybridized carbons (Fsp3) is 0.300. The van der Waals surface area contributed by atoms with Gasteiger partial charge in [0.15, 0.2) is 0 Å². The van der Waals surface area contributed by atoms with Gasteiger partial charge in [-0.25, -0.2) is 0 Å². The monoisotopic (exact) mass is 516 g/mol. The number of amides is 3. The summed E-state index contributed by atoms with van der Waals surface area (Å²) < 4.78 is 5.86. The predicted octanol–water partition coefficient (Wildman–Crippen LogP) is 2.32. The molecule has 0 aliphatic carbocycles. The van der Waals surface area contributed by atoms with Gasteiger partial charge in [0.1, 0.15) is 12.1 Å². The third-order valence-corrected chi connectivity index (χ3v) is 6.26. The van der Waals surface area contributed by atoms with Crippen LogP contribution in [0.5, 0.6) is 0 Å². The van der Waals surface area contributed by atoms with Crippen LogP contribution in [0, 0.1) is 0 Å². The number of likely N-dealkylation sites (N-methyl/N-ethyl adjacent to an activating group) is 2. The summed E-state index contributed by atoms with van der Waals surface area (Å²) in [6.07, 6.45) is 0.967. The number of carbonyl (C=O) groups is 3. The van der Waals surface area contributed by atoms with Crippen LogP contribution in [0.15, 0.2) is 84.9 Å². The number of ether oxygens (including phenoxy) is 1. The van der Waals surface area contributed by atoms with Crippen LogP contribution in [0.4, 0.5) is 0 Å². The Kier molecular flexibility index (Phi) is 11.0. The molecule has 0 radical (unpaired) electrons. The Morgan fingerprint density at radius 1 is 0.895 bits per heavy atom. The summed E-state index contributed by atoms with van der Waals surface area (Å²) in [7, 11) is 3.11. The molecule has 0 heterocycles. The van der Waals surface area contributed by atoms with E-state index in [4.69, 9.17) is 10.5 Å². The maximum atomic E-state index is 13.7. The molecule has 3 amide bonds. The molecule has 3 rings (SSSR count). The summed E-state index contributed by atoms with van der Waals surface area (Å²) in [5.41, 5.74) is 8.88. The third-order valence-electron chi connectivity index (χ3n) is 6.26. The second-order valence-corrected chi connectivity index (χ2v) is 9.03. The molecule has 4 N–H and O–H groups in total. The molecule has 0 aliphatic rings. The second-order valence-electron chi connectivity index (χ2n) is 9.03. The molecule has 0 aliphatic heterocycles. The fourth-order valence-electron chi connectivity index (χ4n) is 4.13. The van der Waals surface area contributed by atoms with Gasteiger partial charge < -0.3 is 26.0 Å². The fourth-order valence-corrected chi connectivity index (χ4v) is 4.13. The molecule has 8 nitrogen and oxygen atoms in total. The highest BCUT2D eigenvalue weighted by atomic mass is 16.5. The van der Waals surface area contributed by atoms with Crippen molar-refractivity contribution < 1.29 is 19.1 Å². The van der Waals surface area contributed by atoms with Crippen LogP contribution in [0.3, 0.4) is 0 Å². The van der Waals surface area contributed by atoms with E-state index in [9.17, 15) is 14.4 Å². The Bertz CT molecular complexity index is 1190. The van der Waals surface area contributed by atoms with E-state index in [1.165, 1.54) is 11.9 Å². The smallest absolute Gasteiger partial charge is 0.252 e. The van der Waals surface area contributed by atoms with E-state index < -0.39 is 23.9 Å². The van der Waals surface area contributed by atoms with E-state index in [2.05, 4.69) is 10.6 Å². The first-order valence-corrected chi connectivity index (χ1v) is 12.7. The highest BCUT2D eigenvalue weighted by Crippen LogP contribution is 2.12. The molecule has 8 heteroatoms. The molecule has 38 heavy (non-hydrogen) atoms. The predicted molar refractivity (Wildman–Crippen MR) is 147 cm³/mol. The zero-order chi connectivity index (χ0) is 27.3. The molecular weight excluding hydrogens is 480 g/mol. The normalized spacial score (nSPS) is 12.3. The quantitative estimate of drug-likeness (QED) is 0.323. The number of benzene rings is 3. The number of hydrogen-bond acceptors (Lipinski definition) is 5. The number of nitrogens with zero attached hydrogens (tertiary/aromatic N) is 1. The first-order valence-electron chi connectivity index (χ1n) is 12.7. The Hall–Kier alpha value is -4.01. The second kappa shape index (κ2) is 14.7. The van der Waals surface area contributed by atoms with E-state index in [1.54, 1.807) is 25.2 Å². The van der Waals surface area contributed by atoms with Gasteiger partial charge in [0, 0.05) is 26.1 Å². The average Bonchev–Trinajstić information content (AvgIpc) is 2.95. The minimum atomic E-state index is -1.00. The van der Waals surface area contributed by atoms with Crippen molar-refractivity contribution in [3.05, 3.63) is 107 Å². The molecule has 3 aromatic carbocycles. The molecule has 0 saturated heterocycles. The Labute approximate surface area is 224 Å². The highest BCUT2D eigenvalue weighted by molar-refractivity contribution is 5.98. The number of nitrogens with two attached hydrogens (primary N) is 1. The zero-order valence-corrected chi connectivity index (χ0v) is 21.9. The van der Waals surface area contributed by atoms with Crippen molar-refractivity contribution in [2.45, 2.75) is 31.5 Å². The number of nitrogens with one attached hydrogen (secondary N) is 2. The van der Waals surface area contributed by atoms with Gasteiger partial charge in [-0.05, 0) is 41.8 Å². The van der Waals surface area contributed by atoms with Gasteiger partial charge in [0.2, 0.25) is 11.8 Å². The average molecular weight is 517 g/mol. The summed E-state index contributed by atoms with van der Waals surface area (Å²) in [6, 6.07) is 24.4. The molecule has 3 aromatic rings. The number of carbonyl (C=O) groups excluding carboxylic acids is 3. The molecule has 2 unspecified atom stereocenters. The summed E-state index contributed by atoms with van der Waals surface area (Å²) in [6.45, 7) is 0.684. The van der Waals surface area contributed by atoms with Crippen molar-refractivity contribution in [1.29, 1.82) is 0 Å². The molecule has 0 fully saturated rings. The lowest BCUT2D eigenvalue weighted by atomic mass is 10.0. The van der Waals surface area contributed by atoms with Crippen LogP contribution in [0.25, 0.3) is 0 Å². The van der Waals surface area contributed by atoms with E-state index in [-0.39, 0.29) is 19.1 Å². The molecule has 0 spiro atoms. The molecule has 0 bridgehead atoms. The Morgan fingerprint density at radius 3 is 2.16 bits per heavy atom. The van der Waals surface area contributed by atoms with Crippen LogP contribution in [-0.4, -0.2) is 62.0 Å². The van der Waals surface area contributed by atoms with Gasteiger partial charge in [-0.3, -0.25) is 14.4 Å². The molecule has 0 saturated carbocycles. The van der Waals surface area contributed by atoms with Crippen LogP contribution in [0.2, 0.25) is 0 Å². The molecule has 2 atom stereocenters. The number of rotatable bonds is 13. The first kappa shape index (κ1) is 28.6. The summed E-state index contributed by atoms with van der Waals surface area (Å²) in [5, 5.41) is 5.48. The van der Waals surface area contributed by atoms with E-state index >= 15 is 0 Å². The maximum absolute atomic E-state index is 13.7. The molecule has 200 valence electrons. The van der Waals surface area contributed by atoms with Crippen molar-refractivity contribution in [3.8, 4) is 0 Å². The summed E-state index contributed by atoms with van der Waals surface area (Å²) in [5.74, 6) is -1.12. The zero-order valence-electron chi connectivity index (χ0n) is 21.9. The van der Waals surface area contributed by atoms with Crippen molar-refractivity contribution in [3.63, 3.8) is 0 Å². The van der Waals surface area contributed by atoms with E-state index in [0.29, 0.717) is 24.9 Å². The van der Waals surface area contributed by atoms with Crippen LogP contribution < -0.4 is 16.4 Å². The van der Waals surface area contributed by atoms with E-state index in [0.717, 1.165) is 16.7 Å². The molecule has 0 aromatic heterocycles. The maximum Gasteiger partial charge on any atom is 0.252 e. The Morgan fingerprint density at radius 2 is 1.53 bits per heavy atom. The van der Waals surface area contributed by atoms with Crippen LogP contribution in [0.1, 0.15) is 27.0 Å². The van der Waals surface area contributed by atoms with Crippen molar-refractivity contribution in [2.75, 3.05) is 27.2 Å². The largest absolute Gasteiger partial charge is 0.374 e. The van der Waals surface area contributed by atoms with Crippen molar-refractivity contribution in [1.82, 2.24) is 15.5 Å². The van der Waals surface area contributed by atoms with Crippen molar-refractivity contribution >= 4 is 17.7 Å². The van der Waals surface area contributed by atoms with E-state index in [1.807, 2.05) is 66.7 Å². The minimum absolute atomic E-state index is 0.0574. The van der Waals surface area contributed by atoms with Crippen molar-refractivity contribution in [2.24, 2.45) is 5.73 Å². The lowest BCUT2D eigenvalue weighted by Gasteiger charge is -2.30. The SMILES string of the molecule is CNC(=O)C(Cc1ccccc1)N(C)C(=O)C(COCc1ccccc1)NC(=O)c1cccc(CCN)c1. The lowest BCUT2D eigenvalue weighted by Crippen LogP contribution is -2.56. The summed E-state index contributed by atoms with van der Waals surface area (Å²) in [4.78, 5) is 41.1. The minimum Gasteiger partial charge on any atom is -0.374 e. The van der Waals surface area contributed by atoms with Gasteiger partial charge >= 0.3 is 0 Å². The standard InChI is InChI=1S/C30H36N4O4/c1-32-29(36)27(19-22-10-5-3-6-11-22)34(2)30(37)26(21-38-20-24-12-7-4-8-13-24)33-28(35)25-15-9-14-23(18-25)16-17-31/h3-15,18,26-27H,16-17,19-21,31H2,1-2H3,(H,32,36)(H,33,35). The van der Waals surface area contributed by atoms with Gasteiger partial charge in [-0.2, -0.15) is 0 Å². The van der Waals surface area contributed by atoms with Crippen LogP contribution in [-0.2, 0) is 33.8 Å². The Balaban J connectivity index is 1.80. The van der Waals surface area contributed by atoms with Gasteiger partial charge in [-0.15, -0.1) is 0 Å². The van der Waals surface area contributed by atoms with Gasteiger partial charge in [0.25, 0.3) is 5.91 Å². The molecular formula is C30H36N4O4. The lowest BCUT2D eigenvalue weighted by molar-refractivity contribution is -0.141. The topological polar surface area (TPSA) is 114 Å². The van der Waals surface area contributed by atoms with Gasteiger partial charge in [0.05, 0.1) is 13.2 Å². The third kappa shape index (κ3) is 8.26. The highest BCUT2D eigenvalue weighted by Gasteiger charge is 2.32. The van der Waals surface area contributed by atoms with Gasteiger partial charge in [-0.1, -0.05) is 72.8 Å². The number of hydrogen-bond donors (Lipinski definition) is 3. The summed E-state index contributed by atoms with van der Waals surface area (Å²) >= 11 is 0. The van der Waals surface area contributed by atoms with Crippen LogP contribution >= 0.6 is 0 Å².